The summed E-state index contributed by atoms with van der Waals surface area (Å²) in [7, 11) is -3.41. The van der Waals surface area contributed by atoms with Crippen molar-refractivity contribution in [2.75, 3.05) is 0 Å². The van der Waals surface area contributed by atoms with E-state index in [4.69, 9.17) is 20.5 Å². The van der Waals surface area contributed by atoms with Crippen molar-refractivity contribution >= 4 is 28.2 Å². The molecule has 1 rings (SSSR count). The highest BCUT2D eigenvalue weighted by atomic mass is 35.5. The van der Waals surface area contributed by atoms with E-state index in [0.29, 0.717) is 5.92 Å². The summed E-state index contributed by atoms with van der Waals surface area (Å²) in [4.78, 5) is 0. The molecule has 22 heavy (non-hydrogen) atoms. The second-order valence-electron chi connectivity index (χ2n) is 8.11. The first-order valence-electron chi connectivity index (χ1n) is 8.01. The summed E-state index contributed by atoms with van der Waals surface area (Å²) in [6, 6.07) is 7.98. The molecule has 1 aromatic carbocycles. The fourth-order valence-corrected chi connectivity index (χ4v) is 4.83. The van der Waals surface area contributed by atoms with Crippen molar-refractivity contribution in [2.24, 2.45) is 5.92 Å². The molecular formula is C17H31ClO2Si2. The minimum Gasteiger partial charge on any atom is -0.412 e. The van der Waals surface area contributed by atoms with Crippen molar-refractivity contribution in [2.45, 2.75) is 65.3 Å². The number of rotatable bonds is 7. The lowest BCUT2D eigenvalue weighted by atomic mass is 9.96. The van der Waals surface area contributed by atoms with Crippen molar-refractivity contribution in [3.05, 3.63) is 34.9 Å². The molecular weight excluding hydrogens is 328 g/mol. The van der Waals surface area contributed by atoms with Crippen molar-refractivity contribution in [1.82, 2.24) is 0 Å². The van der Waals surface area contributed by atoms with Crippen LogP contribution in [-0.2, 0) is 8.85 Å². The van der Waals surface area contributed by atoms with Crippen LogP contribution in [0.4, 0.5) is 0 Å². The maximum absolute atomic E-state index is 6.53. The van der Waals surface area contributed by atoms with Gasteiger partial charge in [-0.05, 0) is 51.3 Å². The monoisotopic (exact) mass is 358 g/mol. The van der Waals surface area contributed by atoms with Gasteiger partial charge in [0.1, 0.15) is 0 Å². The van der Waals surface area contributed by atoms with Gasteiger partial charge in [0, 0.05) is 10.6 Å². The Hall–Kier alpha value is -0.136. The molecule has 126 valence electrons. The van der Waals surface area contributed by atoms with E-state index >= 15 is 0 Å². The highest BCUT2D eigenvalue weighted by Gasteiger charge is 2.35. The molecule has 0 saturated heterocycles. The van der Waals surface area contributed by atoms with E-state index in [9.17, 15) is 0 Å². The summed E-state index contributed by atoms with van der Waals surface area (Å²) in [5, 5.41) is 0.760. The van der Waals surface area contributed by atoms with Crippen LogP contribution in [0.15, 0.2) is 24.3 Å². The largest absolute Gasteiger partial charge is 0.412 e. The molecule has 0 aliphatic carbocycles. The fraction of sp³-hybridized carbons (Fsp3) is 0.647. The van der Waals surface area contributed by atoms with Crippen molar-refractivity contribution in [1.29, 1.82) is 0 Å². The van der Waals surface area contributed by atoms with Crippen LogP contribution < -0.4 is 0 Å². The van der Waals surface area contributed by atoms with E-state index < -0.39 is 16.6 Å². The number of hydrogen-bond donors (Lipinski definition) is 0. The Morgan fingerprint density at radius 1 is 0.864 bits per heavy atom. The molecule has 0 aliphatic rings. The zero-order valence-electron chi connectivity index (χ0n) is 15.2. The summed E-state index contributed by atoms with van der Waals surface area (Å²) in [6.07, 6.45) is -0.0783. The van der Waals surface area contributed by atoms with Crippen LogP contribution in [0.1, 0.15) is 25.5 Å². The molecule has 0 N–H and O–H groups in total. The molecule has 0 fully saturated rings. The molecule has 0 amide bonds. The predicted octanol–water partition coefficient (Wildman–Crippen LogP) is 6.11. The molecule has 0 aliphatic heterocycles. The summed E-state index contributed by atoms with van der Waals surface area (Å²) in [5.74, 6) is 0.365. The summed E-state index contributed by atoms with van der Waals surface area (Å²) < 4.78 is 13.0. The van der Waals surface area contributed by atoms with Gasteiger partial charge in [0.05, 0.1) is 12.2 Å². The molecule has 2 nitrogen and oxygen atoms in total. The SMILES string of the molecule is CC(C)C(O[Si](C)(C)C)C(O[Si](C)(C)C)c1ccccc1Cl. The van der Waals surface area contributed by atoms with E-state index in [2.05, 4.69) is 59.2 Å². The van der Waals surface area contributed by atoms with Crippen LogP contribution in [0.2, 0.25) is 44.3 Å². The first-order valence-corrected chi connectivity index (χ1v) is 15.2. The minimum absolute atomic E-state index is 0.0262. The molecule has 0 radical (unpaired) electrons. The average molecular weight is 359 g/mol. The zero-order chi connectivity index (χ0) is 17.1. The van der Waals surface area contributed by atoms with E-state index in [1.54, 1.807) is 0 Å². The number of benzene rings is 1. The van der Waals surface area contributed by atoms with Crippen molar-refractivity contribution < 1.29 is 8.85 Å². The molecule has 2 atom stereocenters. The minimum atomic E-state index is -1.73. The van der Waals surface area contributed by atoms with Crippen molar-refractivity contribution in [3.8, 4) is 0 Å². The van der Waals surface area contributed by atoms with E-state index in [1.165, 1.54) is 0 Å². The fourth-order valence-electron chi connectivity index (χ4n) is 2.35. The third-order valence-electron chi connectivity index (χ3n) is 3.14. The Labute approximate surface area is 143 Å². The second kappa shape index (κ2) is 7.62. The van der Waals surface area contributed by atoms with Crippen LogP contribution in [0.25, 0.3) is 0 Å². The Kier molecular flexibility index (Phi) is 6.90. The Balaban J connectivity index is 3.25. The van der Waals surface area contributed by atoms with Crippen LogP contribution in [0.3, 0.4) is 0 Å². The molecule has 2 unspecified atom stereocenters. The third kappa shape index (κ3) is 6.54. The van der Waals surface area contributed by atoms with Gasteiger partial charge in [-0.3, -0.25) is 0 Å². The second-order valence-corrected chi connectivity index (χ2v) is 17.4. The summed E-state index contributed by atoms with van der Waals surface area (Å²) in [5.41, 5.74) is 1.04. The van der Waals surface area contributed by atoms with Gasteiger partial charge in [-0.15, -0.1) is 0 Å². The first-order chi connectivity index (χ1) is 9.91. The highest BCUT2D eigenvalue weighted by molar-refractivity contribution is 6.70. The molecule has 0 heterocycles. The van der Waals surface area contributed by atoms with Gasteiger partial charge in [-0.1, -0.05) is 43.6 Å². The van der Waals surface area contributed by atoms with E-state index in [-0.39, 0.29) is 12.2 Å². The first kappa shape index (κ1) is 19.9. The van der Waals surface area contributed by atoms with Gasteiger partial charge in [0.25, 0.3) is 0 Å². The topological polar surface area (TPSA) is 18.5 Å². The molecule has 0 saturated carbocycles. The van der Waals surface area contributed by atoms with Crippen LogP contribution in [0.5, 0.6) is 0 Å². The van der Waals surface area contributed by atoms with Gasteiger partial charge < -0.3 is 8.85 Å². The molecule has 1 aromatic rings. The van der Waals surface area contributed by atoms with Gasteiger partial charge in [0.2, 0.25) is 0 Å². The maximum atomic E-state index is 6.53. The smallest absolute Gasteiger partial charge is 0.184 e. The molecule has 5 heteroatoms. The molecule has 0 bridgehead atoms. The summed E-state index contributed by atoms with van der Waals surface area (Å²) >= 11 is 6.46. The molecule has 0 spiro atoms. The standard InChI is InChI=1S/C17H31ClO2Si2/c1-13(2)16(19-21(3,4)5)17(20-22(6,7)8)14-11-9-10-12-15(14)18/h9-13,16-17H,1-8H3. The normalized spacial score (nSPS) is 15.9. The Bertz CT molecular complexity index is 478. The van der Waals surface area contributed by atoms with Gasteiger partial charge in [-0.25, -0.2) is 0 Å². The maximum Gasteiger partial charge on any atom is 0.184 e. The quantitative estimate of drug-likeness (QED) is 0.547. The summed E-state index contributed by atoms with van der Waals surface area (Å²) in [6.45, 7) is 17.7. The third-order valence-corrected chi connectivity index (χ3v) is 5.42. The Morgan fingerprint density at radius 2 is 1.36 bits per heavy atom. The average Bonchev–Trinajstić information content (AvgIpc) is 2.32. The van der Waals surface area contributed by atoms with Crippen LogP contribution in [0, 0.1) is 5.92 Å². The van der Waals surface area contributed by atoms with Gasteiger partial charge in [0.15, 0.2) is 16.6 Å². The Morgan fingerprint density at radius 3 is 1.77 bits per heavy atom. The van der Waals surface area contributed by atoms with Gasteiger partial charge in [-0.2, -0.15) is 0 Å². The van der Waals surface area contributed by atoms with Gasteiger partial charge >= 0.3 is 0 Å². The lowest BCUT2D eigenvalue weighted by molar-refractivity contribution is 0.0140. The lowest BCUT2D eigenvalue weighted by Gasteiger charge is -2.38. The molecule has 0 aromatic heterocycles. The lowest BCUT2D eigenvalue weighted by Crippen LogP contribution is -2.42. The van der Waals surface area contributed by atoms with Crippen LogP contribution in [-0.4, -0.2) is 22.7 Å². The highest BCUT2D eigenvalue weighted by Crippen LogP contribution is 2.36. The van der Waals surface area contributed by atoms with Crippen molar-refractivity contribution in [3.63, 3.8) is 0 Å². The number of halogens is 1. The van der Waals surface area contributed by atoms with Crippen LogP contribution >= 0.6 is 11.6 Å². The zero-order valence-corrected chi connectivity index (χ0v) is 18.0. The van der Waals surface area contributed by atoms with E-state index in [0.717, 1.165) is 10.6 Å². The predicted molar refractivity (Wildman–Crippen MR) is 102 cm³/mol. The van der Waals surface area contributed by atoms with E-state index in [1.807, 2.05) is 18.2 Å². The number of hydrogen-bond acceptors (Lipinski definition) is 2.